The first-order valence-corrected chi connectivity index (χ1v) is 18.7. The summed E-state index contributed by atoms with van der Waals surface area (Å²) < 4.78 is 2.64. The number of nitrogens with one attached hydrogen (secondary N) is 1. The summed E-state index contributed by atoms with van der Waals surface area (Å²) in [5.41, 5.74) is 10.6. The number of aromatic hydroxyl groups is 1. The first-order chi connectivity index (χ1) is 26.2. The molecule has 1 aromatic heterocycles. The zero-order valence-corrected chi connectivity index (χ0v) is 29.6. The second-order valence-corrected chi connectivity index (χ2v) is 14.5. The summed E-state index contributed by atoms with van der Waals surface area (Å²) in [5.74, 6) is 0.260. The average Bonchev–Trinajstić information content (AvgIpc) is 3.59. The lowest BCUT2D eigenvalue weighted by atomic mass is 9.89. The predicted octanol–water partition coefficient (Wildman–Crippen LogP) is 14.5. The van der Waals surface area contributed by atoms with Gasteiger partial charge in [0.1, 0.15) is 5.75 Å². The summed E-state index contributed by atoms with van der Waals surface area (Å²) in [7, 11) is 0. The standard InChI is InChI=1S/C50H33NOS/c52-45-23-12-21-38(49(45)33-13-2-1-3-14-33)36-15-8-10-22-44(36)51-50-41-19-6-4-17-39(41)48(40-18-5-7-20-42(40)50)34-27-25-32(26-28-34)35-29-30-47-43(31-35)37-16-9-11-24-46(37)53-47/h1-31,51-52H. The van der Waals surface area contributed by atoms with Gasteiger partial charge in [-0.25, -0.2) is 0 Å². The molecule has 0 saturated heterocycles. The summed E-state index contributed by atoms with van der Waals surface area (Å²) in [6, 6.07) is 66.2. The Labute approximate surface area is 311 Å². The third-order valence-corrected chi connectivity index (χ3v) is 11.5. The van der Waals surface area contributed by atoms with Crippen molar-refractivity contribution < 1.29 is 5.11 Å². The van der Waals surface area contributed by atoms with E-state index in [4.69, 9.17) is 0 Å². The highest BCUT2D eigenvalue weighted by atomic mass is 32.1. The van der Waals surface area contributed by atoms with Gasteiger partial charge in [-0.15, -0.1) is 11.3 Å². The van der Waals surface area contributed by atoms with E-state index in [0.29, 0.717) is 0 Å². The maximum Gasteiger partial charge on any atom is 0.124 e. The maximum absolute atomic E-state index is 11.1. The molecule has 0 aliphatic carbocycles. The number of rotatable bonds is 6. The highest BCUT2D eigenvalue weighted by molar-refractivity contribution is 7.25. The number of fused-ring (bicyclic) bond motifs is 5. The van der Waals surface area contributed by atoms with Gasteiger partial charge in [-0.1, -0.05) is 158 Å². The van der Waals surface area contributed by atoms with E-state index in [9.17, 15) is 5.11 Å². The molecule has 53 heavy (non-hydrogen) atoms. The normalized spacial score (nSPS) is 11.5. The van der Waals surface area contributed by atoms with E-state index in [1.807, 2.05) is 47.7 Å². The molecule has 250 valence electrons. The number of phenols is 1. The first kappa shape index (κ1) is 31.1. The van der Waals surface area contributed by atoms with Crippen LogP contribution in [0.2, 0.25) is 0 Å². The van der Waals surface area contributed by atoms with Gasteiger partial charge in [-0.3, -0.25) is 0 Å². The summed E-state index contributed by atoms with van der Waals surface area (Å²) in [4.78, 5) is 0. The van der Waals surface area contributed by atoms with Crippen LogP contribution in [0.4, 0.5) is 11.4 Å². The molecule has 0 fully saturated rings. The van der Waals surface area contributed by atoms with Gasteiger partial charge >= 0.3 is 0 Å². The molecule has 0 saturated carbocycles. The maximum atomic E-state index is 11.1. The summed E-state index contributed by atoms with van der Waals surface area (Å²) in [6.07, 6.45) is 0. The average molecular weight is 696 g/mol. The van der Waals surface area contributed by atoms with E-state index < -0.39 is 0 Å². The van der Waals surface area contributed by atoms with Crippen LogP contribution in [0.5, 0.6) is 5.75 Å². The molecule has 0 aliphatic rings. The van der Waals surface area contributed by atoms with Crippen LogP contribution < -0.4 is 5.32 Å². The van der Waals surface area contributed by atoms with E-state index >= 15 is 0 Å². The van der Waals surface area contributed by atoms with Crippen LogP contribution in [0, 0.1) is 0 Å². The van der Waals surface area contributed by atoms with E-state index in [0.717, 1.165) is 44.4 Å². The molecule has 2 N–H and O–H groups in total. The molecule has 1 heterocycles. The lowest BCUT2D eigenvalue weighted by Crippen LogP contribution is -1.98. The quantitative estimate of drug-likeness (QED) is 0.170. The molecule has 0 atom stereocenters. The molecule has 9 aromatic carbocycles. The monoisotopic (exact) mass is 695 g/mol. The van der Waals surface area contributed by atoms with Gasteiger partial charge in [0, 0.05) is 47.8 Å². The zero-order valence-electron chi connectivity index (χ0n) is 28.8. The van der Waals surface area contributed by atoms with Crippen LogP contribution in [0.15, 0.2) is 188 Å². The van der Waals surface area contributed by atoms with Crippen molar-refractivity contribution in [1.29, 1.82) is 0 Å². The predicted molar refractivity (Wildman–Crippen MR) is 227 cm³/mol. The fourth-order valence-electron chi connectivity index (χ4n) is 7.94. The van der Waals surface area contributed by atoms with Crippen molar-refractivity contribution in [2.45, 2.75) is 0 Å². The van der Waals surface area contributed by atoms with Gasteiger partial charge in [0.2, 0.25) is 0 Å². The summed E-state index contributed by atoms with van der Waals surface area (Å²) in [5, 5.41) is 22.4. The van der Waals surface area contributed by atoms with Crippen LogP contribution in [0.3, 0.4) is 0 Å². The number of anilines is 2. The van der Waals surface area contributed by atoms with Crippen LogP contribution in [0.1, 0.15) is 0 Å². The van der Waals surface area contributed by atoms with Crippen LogP contribution in [-0.2, 0) is 0 Å². The molecule has 3 heteroatoms. The van der Waals surface area contributed by atoms with Crippen molar-refractivity contribution in [1.82, 2.24) is 0 Å². The number of para-hydroxylation sites is 1. The van der Waals surface area contributed by atoms with E-state index in [-0.39, 0.29) is 5.75 Å². The Balaban J connectivity index is 1.10. The molecular formula is C50H33NOS. The Hall–Kier alpha value is -6.68. The third kappa shape index (κ3) is 5.33. The van der Waals surface area contributed by atoms with Crippen molar-refractivity contribution in [2.75, 3.05) is 5.32 Å². The lowest BCUT2D eigenvalue weighted by Gasteiger charge is -2.21. The number of benzene rings is 9. The highest BCUT2D eigenvalue weighted by Gasteiger charge is 2.19. The molecule has 10 aromatic rings. The summed E-state index contributed by atoms with van der Waals surface area (Å²) >= 11 is 1.85. The Morgan fingerprint density at radius 2 is 0.906 bits per heavy atom. The largest absolute Gasteiger partial charge is 0.507 e. The smallest absolute Gasteiger partial charge is 0.124 e. The number of hydrogen-bond acceptors (Lipinski definition) is 3. The van der Waals surface area contributed by atoms with Gasteiger partial charge in [0.05, 0.1) is 5.69 Å². The highest BCUT2D eigenvalue weighted by Crippen LogP contribution is 2.46. The molecule has 0 radical (unpaired) electrons. The van der Waals surface area contributed by atoms with Crippen molar-refractivity contribution >= 4 is 64.4 Å². The molecule has 0 spiro atoms. The minimum atomic E-state index is 0.260. The second-order valence-electron chi connectivity index (χ2n) is 13.5. The van der Waals surface area contributed by atoms with Crippen molar-refractivity contribution in [3.63, 3.8) is 0 Å². The Morgan fingerprint density at radius 1 is 0.358 bits per heavy atom. The molecular weight excluding hydrogens is 663 g/mol. The minimum Gasteiger partial charge on any atom is -0.507 e. The Morgan fingerprint density at radius 3 is 1.66 bits per heavy atom. The Bertz CT molecular complexity index is 2920. The van der Waals surface area contributed by atoms with Gasteiger partial charge < -0.3 is 10.4 Å². The molecule has 0 unspecified atom stereocenters. The van der Waals surface area contributed by atoms with Crippen molar-refractivity contribution in [2.24, 2.45) is 0 Å². The van der Waals surface area contributed by atoms with E-state index in [1.54, 1.807) is 6.07 Å². The van der Waals surface area contributed by atoms with Crippen LogP contribution in [0.25, 0.3) is 86.2 Å². The van der Waals surface area contributed by atoms with E-state index in [1.165, 1.54) is 53.2 Å². The first-order valence-electron chi connectivity index (χ1n) is 17.9. The molecule has 2 nitrogen and oxygen atoms in total. The fourth-order valence-corrected chi connectivity index (χ4v) is 9.03. The minimum absolute atomic E-state index is 0.260. The van der Waals surface area contributed by atoms with Gasteiger partial charge in [0.15, 0.2) is 0 Å². The topological polar surface area (TPSA) is 32.3 Å². The Kier molecular flexibility index (Phi) is 7.52. The zero-order chi connectivity index (χ0) is 35.3. The van der Waals surface area contributed by atoms with Gasteiger partial charge in [0.25, 0.3) is 0 Å². The SMILES string of the molecule is Oc1cccc(-c2ccccc2Nc2c3ccccc3c(-c3ccc(-c4ccc5sc6ccccc6c5c4)cc3)c3ccccc23)c1-c1ccccc1. The van der Waals surface area contributed by atoms with Crippen molar-refractivity contribution in [3.05, 3.63) is 188 Å². The summed E-state index contributed by atoms with van der Waals surface area (Å²) in [6.45, 7) is 0. The molecule has 10 rings (SSSR count). The molecule has 0 amide bonds. The fraction of sp³-hybridized carbons (Fsp3) is 0. The van der Waals surface area contributed by atoms with E-state index in [2.05, 4.69) is 151 Å². The number of phenolic OH excluding ortho intramolecular Hbond substituents is 1. The molecule has 0 bridgehead atoms. The van der Waals surface area contributed by atoms with Crippen molar-refractivity contribution in [3.8, 4) is 50.3 Å². The third-order valence-electron chi connectivity index (χ3n) is 10.4. The molecule has 0 aliphatic heterocycles. The number of hydrogen-bond donors (Lipinski definition) is 2. The van der Waals surface area contributed by atoms with Gasteiger partial charge in [-0.05, 0) is 74.5 Å². The van der Waals surface area contributed by atoms with Crippen LogP contribution >= 0.6 is 11.3 Å². The number of thiophene rings is 1. The second kappa shape index (κ2) is 12.8. The van der Waals surface area contributed by atoms with Crippen LogP contribution in [-0.4, -0.2) is 5.11 Å². The lowest BCUT2D eigenvalue weighted by molar-refractivity contribution is 0.477. The van der Waals surface area contributed by atoms with Gasteiger partial charge in [-0.2, -0.15) is 0 Å².